The van der Waals surface area contributed by atoms with Crippen molar-refractivity contribution in [1.82, 2.24) is 0 Å². The molecule has 0 aromatic heterocycles. The Hall–Kier alpha value is -4.07. The van der Waals surface area contributed by atoms with Crippen molar-refractivity contribution in [2.24, 2.45) is 0 Å². The van der Waals surface area contributed by atoms with Gasteiger partial charge in [-0.1, -0.05) is 12.1 Å². The third kappa shape index (κ3) is 5.60. The Kier molecular flexibility index (Phi) is 6.73. The van der Waals surface area contributed by atoms with Gasteiger partial charge in [-0.15, -0.1) is 0 Å². The molecule has 1 aliphatic heterocycles. The number of carbonyl (C=O) groups excluding carboxylic acids is 2. The van der Waals surface area contributed by atoms with E-state index < -0.39 is 0 Å². The Morgan fingerprint density at radius 3 is 2.52 bits per heavy atom. The number of fused-ring (bicyclic) bond motifs is 1. The number of hydrogen-bond acceptors (Lipinski definition) is 5. The van der Waals surface area contributed by atoms with Gasteiger partial charge in [0, 0.05) is 5.69 Å². The molecule has 7 nitrogen and oxygen atoms in total. The van der Waals surface area contributed by atoms with Crippen molar-refractivity contribution in [2.75, 3.05) is 37.1 Å². The monoisotopic (exact) mass is 450 g/mol. The second kappa shape index (κ2) is 10.0. The van der Waals surface area contributed by atoms with Crippen molar-refractivity contribution in [3.8, 4) is 17.2 Å². The minimum atomic E-state index is -0.352. The molecule has 0 saturated carbocycles. The fraction of sp³-hybridized carbons (Fsp3) is 0.200. The maximum absolute atomic E-state index is 13.1. The summed E-state index contributed by atoms with van der Waals surface area (Å²) in [7, 11) is 1.59. The van der Waals surface area contributed by atoms with Crippen LogP contribution in [0.3, 0.4) is 0 Å². The number of hydrogen-bond donors (Lipinski definition) is 1. The van der Waals surface area contributed by atoms with Crippen LogP contribution in [-0.2, 0) is 16.0 Å². The average molecular weight is 450 g/mol. The normalized spacial score (nSPS) is 12.5. The molecule has 0 unspecified atom stereocenters. The smallest absolute Gasteiger partial charge is 0.265 e. The van der Waals surface area contributed by atoms with Crippen molar-refractivity contribution in [3.05, 3.63) is 78.1 Å². The van der Waals surface area contributed by atoms with E-state index in [-0.39, 0.29) is 37.3 Å². The highest BCUT2D eigenvalue weighted by atomic mass is 19.1. The quantitative estimate of drug-likeness (QED) is 0.565. The van der Waals surface area contributed by atoms with Gasteiger partial charge in [0.2, 0.25) is 5.91 Å². The zero-order chi connectivity index (χ0) is 23.2. The van der Waals surface area contributed by atoms with E-state index in [2.05, 4.69) is 5.32 Å². The molecule has 1 heterocycles. The van der Waals surface area contributed by atoms with Crippen LogP contribution >= 0.6 is 0 Å². The van der Waals surface area contributed by atoms with Crippen LogP contribution in [-0.4, -0.2) is 38.7 Å². The molecule has 170 valence electrons. The van der Waals surface area contributed by atoms with Crippen LogP contribution in [0, 0.1) is 5.82 Å². The molecule has 1 aliphatic rings. The summed E-state index contributed by atoms with van der Waals surface area (Å²) in [5, 5.41) is 2.81. The largest absolute Gasteiger partial charge is 0.497 e. The van der Waals surface area contributed by atoms with Crippen molar-refractivity contribution in [1.29, 1.82) is 0 Å². The lowest BCUT2D eigenvalue weighted by molar-refractivity contribution is -0.121. The highest BCUT2D eigenvalue weighted by Gasteiger charge is 2.26. The lowest BCUT2D eigenvalue weighted by atomic mass is 10.1. The molecular weight excluding hydrogens is 427 g/mol. The molecule has 1 N–H and O–H groups in total. The lowest BCUT2D eigenvalue weighted by Gasteiger charge is -2.29. The van der Waals surface area contributed by atoms with Crippen LogP contribution < -0.4 is 24.4 Å². The van der Waals surface area contributed by atoms with Crippen LogP contribution in [0.15, 0.2) is 66.7 Å². The predicted molar refractivity (Wildman–Crippen MR) is 122 cm³/mol. The first-order valence-electron chi connectivity index (χ1n) is 10.4. The minimum absolute atomic E-state index is 0.0637. The molecule has 3 aromatic rings. The van der Waals surface area contributed by atoms with E-state index in [1.807, 2.05) is 0 Å². The van der Waals surface area contributed by atoms with E-state index in [0.717, 1.165) is 5.75 Å². The number of carbonyl (C=O) groups is 2. The van der Waals surface area contributed by atoms with Gasteiger partial charge in [0.15, 0.2) is 6.61 Å². The summed E-state index contributed by atoms with van der Waals surface area (Å²) in [4.78, 5) is 26.5. The highest BCUT2D eigenvalue weighted by molar-refractivity contribution is 5.99. The maximum atomic E-state index is 13.1. The van der Waals surface area contributed by atoms with E-state index >= 15 is 0 Å². The predicted octanol–water partition coefficient (Wildman–Crippen LogP) is 3.82. The van der Waals surface area contributed by atoms with Crippen molar-refractivity contribution in [2.45, 2.75) is 6.42 Å². The standard InChI is InChI=1S/C25H23FN2O5/c1-31-20-7-9-21(10-8-20)32-13-12-28-22-15-19(6-11-23(22)33-16-25(28)30)27-24(29)14-17-2-4-18(26)5-3-17/h2-11,15H,12-14,16H2,1H3,(H,27,29). The third-order valence-corrected chi connectivity index (χ3v) is 5.11. The summed E-state index contributed by atoms with van der Waals surface area (Å²) < 4.78 is 29.5. The number of methoxy groups -OCH3 is 1. The summed E-state index contributed by atoms with van der Waals surface area (Å²) in [5.74, 6) is 1.15. The lowest BCUT2D eigenvalue weighted by Crippen LogP contribution is -2.41. The molecule has 33 heavy (non-hydrogen) atoms. The first-order valence-corrected chi connectivity index (χ1v) is 10.4. The van der Waals surface area contributed by atoms with Crippen molar-refractivity contribution < 1.29 is 28.2 Å². The number of rotatable bonds is 8. The van der Waals surface area contributed by atoms with Crippen LogP contribution in [0.5, 0.6) is 17.2 Å². The van der Waals surface area contributed by atoms with Crippen LogP contribution in [0.1, 0.15) is 5.56 Å². The summed E-state index contributed by atoms with van der Waals surface area (Å²) in [6.07, 6.45) is 0.103. The van der Waals surface area contributed by atoms with Gasteiger partial charge in [0.1, 0.15) is 29.7 Å². The van der Waals surface area contributed by atoms with E-state index in [9.17, 15) is 14.0 Å². The molecule has 0 spiro atoms. The zero-order valence-electron chi connectivity index (χ0n) is 18.0. The van der Waals surface area contributed by atoms with Gasteiger partial charge in [-0.3, -0.25) is 9.59 Å². The van der Waals surface area contributed by atoms with E-state index in [1.54, 1.807) is 66.6 Å². The fourth-order valence-electron chi connectivity index (χ4n) is 3.44. The Balaban J connectivity index is 1.40. The molecule has 4 rings (SSSR count). The van der Waals surface area contributed by atoms with Gasteiger partial charge in [-0.25, -0.2) is 4.39 Å². The molecule has 0 radical (unpaired) electrons. The first kappa shape index (κ1) is 22.1. The number of anilines is 2. The van der Waals surface area contributed by atoms with Crippen molar-refractivity contribution >= 4 is 23.2 Å². The zero-order valence-corrected chi connectivity index (χ0v) is 18.0. The van der Waals surface area contributed by atoms with Gasteiger partial charge < -0.3 is 24.4 Å². The second-order valence-corrected chi connectivity index (χ2v) is 7.39. The van der Waals surface area contributed by atoms with Crippen LogP contribution in [0.25, 0.3) is 0 Å². The summed E-state index contributed by atoms with van der Waals surface area (Å²) in [6.45, 7) is 0.526. The molecule has 0 fully saturated rings. The summed E-state index contributed by atoms with van der Waals surface area (Å²) in [6, 6.07) is 18.1. The third-order valence-electron chi connectivity index (χ3n) is 5.11. The second-order valence-electron chi connectivity index (χ2n) is 7.39. The number of benzene rings is 3. The Bertz CT molecular complexity index is 1130. The van der Waals surface area contributed by atoms with Crippen LogP contribution in [0.4, 0.5) is 15.8 Å². The number of nitrogens with zero attached hydrogens (tertiary/aromatic N) is 1. The number of halogens is 1. The fourth-order valence-corrected chi connectivity index (χ4v) is 3.44. The van der Waals surface area contributed by atoms with Crippen molar-refractivity contribution in [3.63, 3.8) is 0 Å². The average Bonchev–Trinajstić information content (AvgIpc) is 2.82. The molecule has 0 aliphatic carbocycles. The van der Waals surface area contributed by atoms with Gasteiger partial charge >= 0.3 is 0 Å². The molecule has 0 saturated heterocycles. The van der Waals surface area contributed by atoms with Gasteiger partial charge in [0.25, 0.3) is 5.91 Å². The highest BCUT2D eigenvalue weighted by Crippen LogP contribution is 2.34. The number of nitrogens with one attached hydrogen (secondary N) is 1. The Morgan fingerprint density at radius 1 is 1.06 bits per heavy atom. The summed E-state index contributed by atoms with van der Waals surface area (Å²) in [5.41, 5.74) is 1.78. The molecule has 8 heteroatoms. The van der Waals surface area contributed by atoms with E-state index in [0.29, 0.717) is 35.0 Å². The van der Waals surface area contributed by atoms with E-state index in [4.69, 9.17) is 14.2 Å². The van der Waals surface area contributed by atoms with Gasteiger partial charge in [-0.05, 0) is 60.2 Å². The Labute approximate surface area is 190 Å². The topological polar surface area (TPSA) is 77.1 Å². The molecule has 2 amide bonds. The molecular formula is C25H23FN2O5. The van der Waals surface area contributed by atoms with Crippen LogP contribution in [0.2, 0.25) is 0 Å². The van der Waals surface area contributed by atoms with Gasteiger partial charge in [0.05, 0.1) is 25.8 Å². The number of amides is 2. The first-order chi connectivity index (χ1) is 16.0. The van der Waals surface area contributed by atoms with Gasteiger partial charge in [-0.2, -0.15) is 0 Å². The van der Waals surface area contributed by atoms with E-state index in [1.165, 1.54) is 12.1 Å². The minimum Gasteiger partial charge on any atom is -0.497 e. The Morgan fingerprint density at radius 2 is 1.79 bits per heavy atom. The molecule has 0 bridgehead atoms. The maximum Gasteiger partial charge on any atom is 0.265 e. The summed E-state index contributed by atoms with van der Waals surface area (Å²) >= 11 is 0. The number of ether oxygens (including phenoxy) is 3. The molecule has 0 atom stereocenters. The SMILES string of the molecule is COc1ccc(OCCN2C(=O)COc3ccc(NC(=O)Cc4ccc(F)cc4)cc32)cc1. The molecule has 3 aromatic carbocycles.